The molecule has 0 atom stereocenters. The molecule has 1 fully saturated rings. The highest BCUT2D eigenvalue weighted by Crippen LogP contribution is 2.39. The van der Waals surface area contributed by atoms with E-state index in [1.54, 1.807) is 24.3 Å². The van der Waals surface area contributed by atoms with E-state index in [9.17, 15) is 10.2 Å². The summed E-state index contributed by atoms with van der Waals surface area (Å²) in [6.45, 7) is 4.27. The molecular formula is C24H26O3. The Bertz CT molecular complexity index is 808. The molecule has 27 heavy (non-hydrogen) atoms. The second-order valence-electron chi connectivity index (χ2n) is 6.98. The molecule has 0 radical (unpaired) electrons. The Morgan fingerprint density at radius 2 is 1.37 bits per heavy atom. The molecule has 1 saturated carbocycles. The summed E-state index contributed by atoms with van der Waals surface area (Å²) in [4.78, 5) is 0. The summed E-state index contributed by atoms with van der Waals surface area (Å²) in [6.07, 6.45) is 6.86. The average molecular weight is 362 g/mol. The van der Waals surface area contributed by atoms with Crippen LogP contribution in [0.4, 0.5) is 0 Å². The molecule has 0 spiro atoms. The maximum atomic E-state index is 9.68. The largest absolute Gasteiger partial charge is 0.508 e. The molecule has 3 rings (SSSR count). The van der Waals surface area contributed by atoms with Crippen LogP contribution in [0.1, 0.15) is 43.2 Å². The quantitative estimate of drug-likeness (QED) is 0.556. The molecule has 0 amide bonds. The van der Waals surface area contributed by atoms with Gasteiger partial charge in [0.15, 0.2) is 0 Å². The van der Waals surface area contributed by atoms with Crippen LogP contribution >= 0.6 is 0 Å². The van der Waals surface area contributed by atoms with Crippen molar-refractivity contribution in [2.24, 2.45) is 0 Å². The number of rotatable bonds is 8. The lowest BCUT2D eigenvalue weighted by molar-refractivity contribution is 0.283. The van der Waals surface area contributed by atoms with E-state index in [1.807, 2.05) is 24.3 Å². The zero-order chi connectivity index (χ0) is 19.2. The second kappa shape index (κ2) is 8.74. The van der Waals surface area contributed by atoms with Gasteiger partial charge in [-0.05, 0) is 83.4 Å². The van der Waals surface area contributed by atoms with Crippen LogP contribution in [0, 0.1) is 0 Å². The van der Waals surface area contributed by atoms with E-state index in [0.29, 0.717) is 0 Å². The van der Waals surface area contributed by atoms with Gasteiger partial charge in [0.2, 0.25) is 0 Å². The molecule has 0 aliphatic heterocycles. The van der Waals surface area contributed by atoms with Gasteiger partial charge in [0, 0.05) is 6.61 Å². The third kappa shape index (κ3) is 5.11. The molecule has 0 bridgehead atoms. The number of allylic oxidation sites excluding steroid dienone is 4. The first-order chi connectivity index (χ1) is 13.1. The molecular weight excluding hydrogens is 336 g/mol. The Kier molecular flexibility index (Phi) is 6.15. The molecule has 0 unspecified atom stereocenters. The number of unbranched alkanes of at least 4 members (excludes halogenated alkanes) is 2. The Hall–Kier alpha value is -2.78. The van der Waals surface area contributed by atoms with Crippen LogP contribution in [0.3, 0.4) is 0 Å². The first-order valence-electron chi connectivity index (χ1n) is 9.40. The number of aromatic hydroxyl groups is 2. The first kappa shape index (κ1) is 19.0. The summed E-state index contributed by atoms with van der Waals surface area (Å²) in [5.41, 5.74) is 6.84. The fourth-order valence-electron chi connectivity index (χ4n) is 3.22. The van der Waals surface area contributed by atoms with E-state index in [1.165, 1.54) is 16.7 Å². The van der Waals surface area contributed by atoms with E-state index in [0.717, 1.165) is 48.8 Å². The van der Waals surface area contributed by atoms with Crippen LogP contribution in [0.15, 0.2) is 77.9 Å². The van der Waals surface area contributed by atoms with Crippen LogP contribution in [0.5, 0.6) is 11.5 Å². The molecule has 2 aromatic carbocycles. The summed E-state index contributed by atoms with van der Waals surface area (Å²) in [5, 5.41) is 28.4. The van der Waals surface area contributed by atoms with Gasteiger partial charge in [-0.1, -0.05) is 43.3 Å². The molecule has 3 nitrogen and oxygen atoms in total. The van der Waals surface area contributed by atoms with Crippen molar-refractivity contribution in [3.63, 3.8) is 0 Å². The predicted octanol–water partition coefficient (Wildman–Crippen LogP) is 5.34. The highest BCUT2D eigenvalue weighted by molar-refractivity contribution is 5.84. The van der Waals surface area contributed by atoms with Gasteiger partial charge in [-0.3, -0.25) is 0 Å². The minimum absolute atomic E-state index is 0.222. The lowest BCUT2D eigenvalue weighted by atomic mass is 9.90. The monoisotopic (exact) mass is 362 g/mol. The van der Waals surface area contributed by atoms with Crippen LogP contribution in [-0.2, 0) is 0 Å². The van der Waals surface area contributed by atoms with Crippen LogP contribution in [-0.4, -0.2) is 21.9 Å². The third-order valence-corrected chi connectivity index (χ3v) is 4.82. The fourth-order valence-corrected chi connectivity index (χ4v) is 3.22. The van der Waals surface area contributed by atoms with Crippen molar-refractivity contribution < 1.29 is 15.3 Å². The summed E-state index contributed by atoms with van der Waals surface area (Å²) >= 11 is 0. The van der Waals surface area contributed by atoms with Crippen molar-refractivity contribution in [2.75, 3.05) is 6.61 Å². The van der Waals surface area contributed by atoms with Gasteiger partial charge < -0.3 is 15.3 Å². The SMILES string of the molecule is C=C1C/C1=C\C(CCCCCO)=C(c1ccc(O)cc1)c1ccc(O)cc1. The van der Waals surface area contributed by atoms with Crippen LogP contribution < -0.4 is 0 Å². The number of aliphatic hydroxyl groups is 1. The number of aliphatic hydroxyl groups excluding tert-OH is 1. The van der Waals surface area contributed by atoms with E-state index < -0.39 is 0 Å². The fraction of sp³-hybridized carbons (Fsp3) is 0.250. The van der Waals surface area contributed by atoms with E-state index in [2.05, 4.69) is 12.7 Å². The molecule has 3 N–H and O–H groups in total. The van der Waals surface area contributed by atoms with Gasteiger partial charge in [-0.25, -0.2) is 0 Å². The Labute approximate surface area is 160 Å². The van der Waals surface area contributed by atoms with Crippen molar-refractivity contribution in [3.05, 3.63) is 89.0 Å². The van der Waals surface area contributed by atoms with E-state index >= 15 is 0 Å². The molecule has 140 valence electrons. The lowest BCUT2D eigenvalue weighted by Crippen LogP contribution is -1.95. The maximum absolute atomic E-state index is 9.68. The highest BCUT2D eigenvalue weighted by atomic mass is 16.3. The number of hydrogen-bond donors (Lipinski definition) is 3. The summed E-state index contributed by atoms with van der Waals surface area (Å²) in [6, 6.07) is 14.5. The maximum Gasteiger partial charge on any atom is 0.115 e. The first-order valence-corrected chi connectivity index (χ1v) is 9.40. The third-order valence-electron chi connectivity index (χ3n) is 4.82. The average Bonchev–Trinajstić information content (AvgIpc) is 3.36. The van der Waals surface area contributed by atoms with Crippen molar-refractivity contribution in [1.29, 1.82) is 0 Å². The highest BCUT2D eigenvalue weighted by Gasteiger charge is 2.20. The summed E-state index contributed by atoms with van der Waals surface area (Å²) < 4.78 is 0. The number of hydrogen-bond acceptors (Lipinski definition) is 3. The van der Waals surface area contributed by atoms with Crippen molar-refractivity contribution in [3.8, 4) is 11.5 Å². The van der Waals surface area contributed by atoms with Gasteiger partial charge in [0.05, 0.1) is 0 Å². The normalized spacial score (nSPS) is 14.4. The molecule has 0 saturated heterocycles. The number of phenols is 2. The summed E-state index contributed by atoms with van der Waals surface area (Å²) in [7, 11) is 0. The Morgan fingerprint density at radius 1 is 0.852 bits per heavy atom. The standard InChI is InChI=1S/C24H26O3/c1-17-15-21(17)16-20(5-3-2-4-14-25)24(18-6-10-22(26)11-7-18)19-8-12-23(27)13-9-19/h6-13,16,25-27H,1-5,14-15H2/b21-16+. The van der Waals surface area contributed by atoms with Crippen molar-refractivity contribution >= 4 is 5.57 Å². The minimum Gasteiger partial charge on any atom is -0.508 e. The van der Waals surface area contributed by atoms with Gasteiger partial charge >= 0.3 is 0 Å². The zero-order valence-corrected chi connectivity index (χ0v) is 15.5. The smallest absolute Gasteiger partial charge is 0.115 e. The molecule has 0 aromatic heterocycles. The molecule has 2 aromatic rings. The number of phenolic OH excluding ortho intramolecular Hbond substituents is 2. The Balaban J connectivity index is 2.07. The molecule has 1 aliphatic carbocycles. The van der Waals surface area contributed by atoms with E-state index in [4.69, 9.17) is 5.11 Å². The molecule has 1 aliphatic rings. The van der Waals surface area contributed by atoms with Crippen LogP contribution in [0.2, 0.25) is 0 Å². The van der Waals surface area contributed by atoms with Gasteiger partial charge in [-0.2, -0.15) is 0 Å². The van der Waals surface area contributed by atoms with Crippen molar-refractivity contribution in [1.82, 2.24) is 0 Å². The lowest BCUT2D eigenvalue weighted by Gasteiger charge is -2.15. The zero-order valence-electron chi connectivity index (χ0n) is 15.5. The van der Waals surface area contributed by atoms with Crippen LogP contribution in [0.25, 0.3) is 5.57 Å². The summed E-state index contributed by atoms with van der Waals surface area (Å²) in [5.74, 6) is 0.476. The van der Waals surface area contributed by atoms with Gasteiger partial charge in [0.1, 0.15) is 11.5 Å². The topological polar surface area (TPSA) is 60.7 Å². The van der Waals surface area contributed by atoms with Crippen molar-refractivity contribution in [2.45, 2.75) is 32.1 Å². The van der Waals surface area contributed by atoms with Gasteiger partial charge in [-0.15, -0.1) is 0 Å². The number of benzene rings is 2. The Morgan fingerprint density at radius 3 is 1.81 bits per heavy atom. The predicted molar refractivity (Wildman–Crippen MR) is 110 cm³/mol. The molecule has 0 heterocycles. The van der Waals surface area contributed by atoms with Gasteiger partial charge in [0.25, 0.3) is 0 Å². The minimum atomic E-state index is 0.222. The van der Waals surface area contributed by atoms with E-state index in [-0.39, 0.29) is 18.1 Å². The second-order valence-corrected chi connectivity index (χ2v) is 6.98. The molecule has 3 heteroatoms.